The van der Waals surface area contributed by atoms with Crippen molar-refractivity contribution < 1.29 is 28.8 Å². The number of halogens is 1. The molecule has 0 aliphatic carbocycles. The summed E-state index contributed by atoms with van der Waals surface area (Å²) in [5, 5.41) is 10.2. The Morgan fingerprint density at radius 2 is 1.95 bits per heavy atom. The molecule has 6 rings (SSSR count). The minimum atomic E-state index is -0.866. The van der Waals surface area contributed by atoms with Crippen molar-refractivity contribution in [3.8, 4) is 23.0 Å². The molecule has 2 aliphatic heterocycles. The number of phenols is 1. The van der Waals surface area contributed by atoms with Gasteiger partial charge in [0.25, 0.3) is 5.56 Å². The predicted molar refractivity (Wildman–Crippen MR) is 153 cm³/mol. The largest absolute Gasteiger partial charge is 0.503 e. The van der Waals surface area contributed by atoms with Crippen LogP contribution in [0.1, 0.15) is 29.7 Å². The number of carbonyl (C=O) groups excluding carboxylic acids is 1. The van der Waals surface area contributed by atoms with Crippen LogP contribution in [0.5, 0.6) is 23.0 Å². The molecule has 11 heteroatoms. The first-order valence-electron chi connectivity index (χ1n) is 12.6. The number of fused-ring (bicyclic) bond motifs is 2. The summed E-state index contributed by atoms with van der Waals surface area (Å²) in [5.41, 5.74) is 2.15. The monoisotopic (exact) mass is 590 g/mol. The lowest BCUT2D eigenvalue weighted by molar-refractivity contribution is -0.138. The Hall–Kier alpha value is -4.54. The average Bonchev–Trinajstić information content (AvgIpc) is 3.58. The topological polar surface area (TPSA) is 109 Å². The summed E-state index contributed by atoms with van der Waals surface area (Å²) in [4.78, 5) is 32.9. The van der Waals surface area contributed by atoms with Crippen LogP contribution >= 0.6 is 22.9 Å². The number of hydrogen-bond acceptors (Lipinski definition) is 9. The molecule has 0 spiro atoms. The van der Waals surface area contributed by atoms with Crippen molar-refractivity contribution in [1.29, 1.82) is 0 Å². The van der Waals surface area contributed by atoms with Gasteiger partial charge in [0.15, 0.2) is 27.8 Å². The van der Waals surface area contributed by atoms with E-state index in [2.05, 4.69) is 0 Å². The van der Waals surface area contributed by atoms with Crippen LogP contribution in [0, 0.1) is 0 Å². The van der Waals surface area contributed by atoms with E-state index in [0.29, 0.717) is 43.2 Å². The number of methoxy groups -OCH3 is 1. The van der Waals surface area contributed by atoms with E-state index in [1.807, 2.05) is 30.3 Å². The summed E-state index contributed by atoms with van der Waals surface area (Å²) in [5.74, 6) is 0.483. The summed E-state index contributed by atoms with van der Waals surface area (Å²) >= 11 is 7.37. The first kappa shape index (κ1) is 26.7. The van der Waals surface area contributed by atoms with E-state index < -0.39 is 12.0 Å². The van der Waals surface area contributed by atoms with E-state index in [-0.39, 0.29) is 41.1 Å². The summed E-state index contributed by atoms with van der Waals surface area (Å²) in [7, 11) is 1.41. The van der Waals surface area contributed by atoms with Crippen LogP contribution < -0.4 is 29.1 Å². The van der Waals surface area contributed by atoms with E-state index in [4.69, 9.17) is 35.5 Å². The number of nitrogens with zero attached hydrogens (tertiary/aromatic N) is 2. The minimum absolute atomic E-state index is 0.0794. The van der Waals surface area contributed by atoms with Gasteiger partial charge in [-0.15, -0.1) is 0 Å². The van der Waals surface area contributed by atoms with Crippen molar-refractivity contribution in [2.75, 3.05) is 20.5 Å². The molecular weight excluding hydrogens is 568 g/mol. The third-order valence-corrected chi connectivity index (χ3v) is 7.93. The molecule has 3 aromatic carbocycles. The fourth-order valence-corrected chi connectivity index (χ4v) is 6.04. The standard InChI is InChI=1S/C30H23ClN2O7S/c1-3-38-29(36)24-25(17-7-5-4-6-8-17)32-30-33(26(24)18-9-10-20-21(14-18)40-15-39-20)28(35)23(41-30)13-16-11-19(31)27(34)22(12-16)37-2/h4-14,26,34H,3,15H2,1-2H3. The van der Waals surface area contributed by atoms with Crippen molar-refractivity contribution in [1.82, 2.24) is 4.57 Å². The molecular formula is C30H23ClN2O7S. The molecule has 0 saturated heterocycles. The number of ether oxygens (including phenoxy) is 4. The fourth-order valence-electron chi connectivity index (χ4n) is 4.82. The Labute approximate surface area is 242 Å². The molecule has 0 amide bonds. The molecule has 1 aromatic heterocycles. The third kappa shape index (κ3) is 4.75. The highest BCUT2D eigenvalue weighted by molar-refractivity contribution is 7.07. The van der Waals surface area contributed by atoms with E-state index in [1.54, 1.807) is 37.3 Å². The second kappa shape index (κ2) is 10.8. The van der Waals surface area contributed by atoms with Gasteiger partial charge in [0, 0.05) is 5.56 Å². The molecule has 0 bridgehead atoms. The SMILES string of the molecule is CCOC(=O)C1=C(c2ccccc2)N=c2sc(=Cc3cc(Cl)c(O)c(OC)c3)c(=O)n2C1c1ccc2c(c1)OCO2. The summed E-state index contributed by atoms with van der Waals surface area (Å²) < 4.78 is 23.7. The smallest absolute Gasteiger partial charge is 0.338 e. The molecule has 2 aliphatic rings. The van der Waals surface area contributed by atoms with E-state index in [9.17, 15) is 14.7 Å². The Kier molecular flexibility index (Phi) is 7.02. The lowest BCUT2D eigenvalue weighted by atomic mass is 9.93. The van der Waals surface area contributed by atoms with E-state index >= 15 is 0 Å². The van der Waals surface area contributed by atoms with Crippen molar-refractivity contribution in [3.63, 3.8) is 0 Å². The molecule has 0 fully saturated rings. The second-order valence-corrected chi connectivity index (χ2v) is 10.5. The Morgan fingerprint density at radius 3 is 2.71 bits per heavy atom. The number of aromatic nitrogens is 1. The van der Waals surface area contributed by atoms with Crippen LogP contribution in [0.4, 0.5) is 0 Å². The number of phenolic OH excluding ortho intramolecular Hbond substituents is 1. The average molecular weight is 591 g/mol. The molecule has 41 heavy (non-hydrogen) atoms. The number of benzene rings is 3. The zero-order valence-corrected chi connectivity index (χ0v) is 23.5. The van der Waals surface area contributed by atoms with Gasteiger partial charge in [0.05, 0.1) is 40.6 Å². The Bertz CT molecular complexity index is 1900. The highest BCUT2D eigenvalue weighted by Crippen LogP contribution is 2.40. The number of esters is 1. The van der Waals surface area contributed by atoms with Crippen molar-refractivity contribution >= 4 is 40.7 Å². The maximum absolute atomic E-state index is 14.0. The molecule has 1 N–H and O–H groups in total. The molecule has 1 unspecified atom stereocenters. The number of thiazole rings is 1. The quantitative estimate of drug-likeness (QED) is 0.338. The highest BCUT2D eigenvalue weighted by Gasteiger charge is 2.36. The van der Waals surface area contributed by atoms with Gasteiger partial charge in [0.2, 0.25) is 6.79 Å². The van der Waals surface area contributed by atoms with Crippen molar-refractivity contribution in [2.45, 2.75) is 13.0 Å². The van der Waals surface area contributed by atoms with Crippen LogP contribution in [-0.2, 0) is 9.53 Å². The first-order valence-corrected chi connectivity index (χ1v) is 13.8. The lowest BCUT2D eigenvalue weighted by Crippen LogP contribution is -2.40. The van der Waals surface area contributed by atoms with Gasteiger partial charge in [-0.1, -0.05) is 59.3 Å². The summed E-state index contributed by atoms with van der Waals surface area (Å²) in [6, 6.07) is 16.9. The lowest BCUT2D eigenvalue weighted by Gasteiger charge is -2.26. The highest BCUT2D eigenvalue weighted by atomic mass is 35.5. The molecule has 3 heterocycles. The summed E-state index contributed by atoms with van der Waals surface area (Å²) in [6.45, 7) is 1.95. The van der Waals surface area contributed by atoms with Crippen LogP contribution in [0.15, 0.2) is 76.0 Å². The van der Waals surface area contributed by atoms with Crippen molar-refractivity contribution in [3.05, 3.63) is 108 Å². The third-order valence-electron chi connectivity index (χ3n) is 6.65. The van der Waals surface area contributed by atoms with Gasteiger partial charge in [-0.25, -0.2) is 9.79 Å². The Balaban J connectivity index is 1.64. The van der Waals surface area contributed by atoms with Crippen LogP contribution in [-0.4, -0.2) is 36.2 Å². The van der Waals surface area contributed by atoms with Crippen LogP contribution in [0.2, 0.25) is 5.02 Å². The fraction of sp³-hybridized carbons (Fsp3) is 0.167. The minimum Gasteiger partial charge on any atom is -0.503 e. The number of hydrogen-bond donors (Lipinski definition) is 1. The molecule has 9 nitrogen and oxygen atoms in total. The van der Waals surface area contributed by atoms with Crippen LogP contribution in [0.25, 0.3) is 11.8 Å². The number of aromatic hydroxyl groups is 1. The van der Waals surface area contributed by atoms with Gasteiger partial charge in [-0.2, -0.15) is 0 Å². The summed E-state index contributed by atoms with van der Waals surface area (Å²) in [6.07, 6.45) is 1.64. The molecule has 4 aromatic rings. The van der Waals surface area contributed by atoms with Crippen LogP contribution in [0.3, 0.4) is 0 Å². The predicted octanol–water partition coefficient (Wildman–Crippen LogP) is 4.03. The molecule has 208 valence electrons. The number of carbonyl (C=O) groups is 1. The van der Waals surface area contributed by atoms with Gasteiger partial charge >= 0.3 is 5.97 Å². The number of rotatable bonds is 6. The normalized spacial score (nSPS) is 15.9. The molecule has 1 atom stereocenters. The Morgan fingerprint density at radius 1 is 1.17 bits per heavy atom. The second-order valence-electron chi connectivity index (χ2n) is 9.10. The van der Waals surface area contributed by atoms with Gasteiger partial charge in [0.1, 0.15) is 0 Å². The van der Waals surface area contributed by atoms with Gasteiger partial charge in [-0.05, 0) is 48.4 Å². The van der Waals surface area contributed by atoms with Gasteiger partial charge in [-0.3, -0.25) is 9.36 Å². The maximum atomic E-state index is 14.0. The van der Waals surface area contributed by atoms with Crippen molar-refractivity contribution in [2.24, 2.45) is 4.99 Å². The first-order chi connectivity index (χ1) is 19.9. The molecule has 0 radical (unpaired) electrons. The zero-order valence-electron chi connectivity index (χ0n) is 21.9. The van der Waals surface area contributed by atoms with E-state index in [1.165, 1.54) is 29.1 Å². The molecule has 0 saturated carbocycles. The zero-order chi connectivity index (χ0) is 28.7. The maximum Gasteiger partial charge on any atom is 0.338 e. The van der Waals surface area contributed by atoms with E-state index in [0.717, 1.165) is 0 Å². The van der Waals surface area contributed by atoms with Gasteiger partial charge < -0.3 is 24.1 Å².